The fourth-order valence-electron chi connectivity index (χ4n) is 7.07. The van der Waals surface area contributed by atoms with Crippen molar-refractivity contribution >= 4 is 71.5 Å². The quantitative estimate of drug-likeness (QED) is 0.0320. The Bertz CT molecular complexity index is 3030. The number of carbonyl (C=O) groups excluding carboxylic acids is 3. The van der Waals surface area contributed by atoms with Gasteiger partial charge in [0.25, 0.3) is 20.2 Å². The van der Waals surface area contributed by atoms with Crippen LogP contribution in [0.1, 0.15) is 51.4 Å². The average Bonchev–Trinajstić information content (AvgIpc) is 3.54. The van der Waals surface area contributed by atoms with Crippen LogP contribution in [0.4, 0.5) is 22.7 Å². The monoisotopic (exact) mass is 873 g/mol. The van der Waals surface area contributed by atoms with Gasteiger partial charge in [0.15, 0.2) is 10.9 Å². The SMILES string of the molecule is CN(CCCCCCCC(=O)NCCN1C(=O)CCC1=O)c1ccc(NNc2ccc(N=c3cc(S(=O)(=O)O)c(=N)c4c(=O)c5ccccc5c(=O)c3=4)c(S(=O)(=O)O)c2)cc1. The Balaban J connectivity index is 1.07. The Morgan fingerprint density at radius 1 is 0.754 bits per heavy atom. The van der Waals surface area contributed by atoms with Crippen molar-refractivity contribution in [3.05, 3.63) is 114 Å². The molecule has 3 aliphatic rings. The zero-order valence-electron chi connectivity index (χ0n) is 32.9. The van der Waals surface area contributed by atoms with Gasteiger partial charge in [0.1, 0.15) is 9.79 Å². The van der Waals surface area contributed by atoms with Crippen molar-refractivity contribution < 1.29 is 40.3 Å². The molecule has 0 bridgehead atoms. The number of fused-ring (bicyclic) bond motifs is 1. The minimum atomic E-state index is -5.13. The number of hydrazine groups is 1. The highest BCUT2D eigenvalue weighted by atomic mass is 32.2. The van der Waals surface area contributed by atoms with Crippen LogP contribution in [-0.2, 0) is 34.6 Å². The number of anilines is 3. The van der Waals surface area contributed by atoms with Crippen LogP contribution in [0.3, 0.4) is 0 Å². The summed E-state index contributed by atoms with van der Waals surface area (Å²) in [5, 5.41) is 8.47. The third-order valence-corrected chi connectivity index (χ3v) is 12.0. The molecule has 0 saturated carbocycles. The van der Waals surface area contributed by atoms with Gasteiger partial charge in [-0.2, -0.15) is 16.8 Å². The standard InChI is InChI=1S/C41H43N7O11S2/c1-47(21-8-4-2-3-5-11-34(49)43-20-22-48-35(50)18-19-36(48)51)27-15-12-25(13-16-27)45-46-26-14-17-30(32(23-26)60(54,55)56)44-31-24-33(61(57,58)59)39(42)38-37(31)40(52)28-9-6-7-10-29(28)41(38)53/h6-7,9-10,12-17,23-24,42,45-46H,2-5,8,11,18-22H2,1H3,(H,43,49)(H,54,55,56)(H,57,58,59). The van der Waals surface area contributed by atoms with Crippen LogP contribution in [0.25, 0.3) is 10.8 Å². The van der Waals surface area contributed by atoms with E-state index >= 15 is 0 Å². The van der Waals surface area contributed by atoms with Crippen molar-refractivity contribution in [1.82, 2.24) is 10.2 Å². The Morgan fingerprint density at radius 2 is 1.33 bits per heavy atom. The second-order valence-electron chi connectivity index (χ2n) is 14.5. The third kappa shape index (κ3) is 10.3. The second kappa shape index (κ2) is 18.5. The lowest BCUT2D eigenvalue weighted by atomic mass is 10.0. The lowest BCUT2D eigenvalue weighted by Crippen LogP contribution is -2.37. The molecular formula is C41H43N7O11S2. The number of rotatable bonds is 18. The fourth-order valence-corrected chi connectivity index (χ4v) is 8.34. The van der Waals surface area contributed by atoms with E-state index in [1.54, 1.807) is 12.1 Å². The van der Waals surface area contributed by atoms with Gasteiger partial charge in [0, 0.05) is 62.4 Å². The molecule has 2 aliphatic carbocycles. The summed E-state index contributed by atoms with van der Waals surface area (Å²) in [4.78, 5) is 68.2. The molecule has 0 spiro atoms. The van der Waals surface area contributed by atoms with Crippen molar-refractivity contribution in [2.45, 2.75) is 61.2 Å². The lowest BCUT2D eigenvalue weighted by Gasteiger charge is -2.20. The van der Waals surface area contributed by atoms with Crippen molar-refractivity contribution in [2.75, 3.05) is 42.4 Å². The van der Waals surface area contributed by atoms with E-state index < -0.39 is 67.7 Å². The van der Waals surface area contributed by atoms with Gasteiger partial charge in [0.05, 0.1) is 38.2 Å². The number of hydrogen-bond donors (Lipinski definition) is 6. The lowest BCUT2D eigenvalue weighted by molar-refractivity contribution is -0.138. The highest BCUT2D eigenvalue weighted by Gasteiger charge is 2.28. The maximum Gasteiger partial charge on any atom is 0.296 e. The van der Waals surface area contributed by atoms with Crippen molar-refractivity contribution in [3.8, 4) is 0 Å². The van der Waals surface area contributed by atoms with Crippen molar-refractivity contribution in [1.29, 1.82) is 5.41 Å². The summed E-state index contributed by atoms with van der Waals surface area (Å²) in [6, 6.07) is 17.3. The normalized spacial score (nSPS) is 13.6. The average molecular weight is 874 g/mol. The molecule has 3 aromatic rings. The second-order valence-corrected chi connectivity index (χ2v) is 17.3. The van der Waals surface area contributed by atoms with E-state index in [2.05, 4.69) is 26.1 Å². The molecule has 1 aliphatic heterocycles. The first kappa shape index (κ1) is 44.2. The number of imide groups is 1. The van der Waals surface area contributed by atoms with Gasteiger partial charge in [-0.05, 0) is 61.4 Å². The number of hydrogen-bond acceptors (Lipinski definition) is 14. The van der Waals surface area contributed by atoms with E-state index in [-0.39, 0.29) is 60.1 Å². The number of carbonyl (C=O) groups is 3. The molecular weight excluding hydrogens is 831 g/mol. The number of likely N-dealkylation sites (tertiary alicyclic amines) is 1. The van der Waals surface area contributed by atoms with E-state index in [9.17, 15) is 49.9 Å². The molecule has 6 rings (SSSR count). The van der Waals surface area contributed by atoms with Crippen molar-refractivity contribution in [2.24, 2.45) is 4.99 Å². The van der Waals surface area contributed by atoms with Gasteiger partial charge in [0.2, 0.25) is 17.7 Å². The van der Waals surface area contributed by atoms with Crippen molar-refractivity contribution in [3.63, 3.8) is 0 Å². The van der Waals surface area contributed by atoms with E-state index in [0.717, 1.165) is 50.4 Å². The summed E-state index contributed by atoms with van der Waals surface area (Å²) in [5.41, 5.74) is 5.40. The molecule has 320 valence electrons. The zero-order valence-corrected chi connectivity index (χ0v) is 34.6. The van der Waals surface area contributed by atoms with Crippen LogP contribution in [0.2, 0.25) is 0 Å². The van der Waals surface area contributed by atoms with Gasteiger partial charge < -0.3 is 21.1 Å². The summed E-state index contributed by atoms with van der Waals surface area (Å²) >= 11 is 0. The van der Waals surface area contributed by atoms with Crippen LogP contribution >= 0.6 is 0 Å². The molecule has 18 nitrogen and oxygen atoms in total. The molecule has 1 fully saturated rings. The molecule has 0 aromatic heterocycles. The number of amides is 3. The van der Waals surface area contributed by atoms with Gasteiger partial charge in [-0.1, -0.05) is 43.5 Å². The Morgan fingerprint density at radius 3 is 1.97 bits per heavy atom. The maximum atomic E-state index is 13.6. The highest BCUT2D eigenvalue weighted by molar-refractivity contribution is 7.86. The molecule has 1 saturated heterocycles. The molecule has 0 unspecified atom stereocenters. The van der Waals surface area contributed by atoms with Crippen LogP contribution in [0.5, 0.6) is 0 Å². The van der Waals surface area contributed by atoms with Crippen LogP contribution < -0.4 is 42.6 Å². The minimum Gasteiger partial charge on any atom is -0.375 e. The van der Waals surface area contributed by atoms with Gasteiger partial charge in [-0.3, -0.25) is 43.4 Å². The smallest absolute Gasteiger partial charge is 0.296 e. The number of nitrogens with one attached hydrogen (secondary N) is 4. The van der Waals surface area contributed by atoms with Crippen LogP contribution in [0.15, 0.2) is 97.2 Å². The molecule has 1 heterocycles. The first-order chi connectivity index (χ1) is 28.9. The molecule has 0 atom stereocenters. The molecule has 3 aromatic carbocycles. The predicted molar refractivity (Wildman–Crippen MR) is 225 cm³/mol. The largest absolute Gasteiger partial charge is 0.375 e. The van der Waals surface area contributed by atoms with Gasteiger partial charge >= 0.3 is 0 Å². The first-order valence-electron chi connectivity index (χ1n) is 19.3. The molecule has 0 radical (unpaired) electrons. The topological polar surface area (TPSA) is 273 Å². The number of nitrogens with zero attached hydrogens (tertiary/aromatic N) is 3. The summed E-state index contributed by atoms with van der Waals surface area (Å²) in [7, 11) is -8.16. The summed E-state index contributed by atoms with van der Waals surface area (Å²) in [5.74, 6) is -0.491. The summed E-state index contributed by atoms with van der Waals surface area (Å²) in [6.45, 7) is 1.26. The Kier molecular flexibility index (Phi) is 13.4. The molecule has 61 heavy (non-hydrogen) atoms. The molecule has 3 amide bonds. The molecule has 20 heteroatoms. The highest BCUT2D eigenvalue weighted by Crippen LogP contribution is 2.28. The molecule has 6 N–H and O–H groups in total. The fraction of sp³-hybridized carbons (Fsp3) is 0.293. The van der Waals surface area contributed by atoms with Crippen LogP contribution in [0, 0.1) is 15.8 Å². The van der Waals surface area contributed by atoms with E-state index in [1.807, 2.05) is 19.2 Å². The van der Waals surface area contributed by atoms with Gasteiger partial charge in [-0.15, -0.1) is 0 Å². The third-order valence-electron chi connectivity index (χ3n) is 10.3. The van der Waals surface area contributed by atoms with E-state index in [4.69, 9.17) is 5.41 Å². The minimum absolute atomic E-state index is 0.0498. The first-order valence-corrected chi connectivity index (χ1v) is 22.2. The Labute approximate surface area is 349 Å². The van der Waals surface area contributed by atoms with Crippen LogP contribution in [-0.4, -0.2) is 75.2 Å². The predicted octanol–water partition coefficient (Wildman–Crippen LogP) is 2.85. The van der Waals surface area contributed by atoms with Gasteiger partial charge in [-0.25, -0.2) is 4.99 Å². The summed E-state index contributed by atoms with van der Waals surface area (Å²) < 4.78 is 69.8. The maximum absolute atomic E-state index is 13.6. The number of unbranched alkanes of at least 4 members (excludes halogenated alkanes) is 4. The Hall–Kier alpha value is -6.35. The zero-order chi connectivity index (χ0) is 44.1. The number of benzene rings is 3. The summed E-state index contributed by atoms with van der Waals surface area (Å²) in [6.07, 6.45) is 5.37. The van der Waals surface area contributed by atoms with E-state index in [1.165, 1.54) is 41.3 Å². The van der Waals surface area contributed by atoms with E-state index in [0.29, 0.717) is 18.2 Å².